The summed E-state index contributed by atoms with van der Waals surface area (Å²) in [4.78, 5) is 24.8. The molecule has 1 aliphatic heterocycles. The summed E-state index contributed by atoms with van der Waals surface area (Å²) in [7, 11) is 1.60. The minimum Gasteiger partial charge on any atom is -0.479 e. The quantitative estimate of drug-likeness (QED) is 0.738. The summed E-state index contributed by atoms with van der Waals surface area (Å²) < 4.78 is 10.3. The lowest BCUT2D eigenvalue weighted by molar-refractivity contribution is -0.155. The normalized spacial score (nSPS) is 27.2. The topological polar surface area (TPSA) is 76.1 Å². The molecule has 0 aromatic carbocycles. The molecule has 1 saturated heterocycles. The van der Waals surface area contributed by atoms with E-state index in [4.69, 9.17) is 14.6 Å². The molecule has 6 heteroatoms. The maximum atomic E-state index is 12.3. The summed E-state index contributed by atoms with van der Waals surface area (Å²) in [6.07, 6.45) is 1.52. The van der Waals surface area contributed by atoms with Gasteiger partial charge in [-0.3, -0.25) is 4.79 Å². The molecule has 1 N–H and O–H groups in total. The third-order valence-electron chi connectivity index (χ3n) is 3.38. The lowest BCUT2D eigenvalue weighted by atomic mass is 10.2. The summed E-state index contributed by atoms with van der Waals surface area (Å²) in [6.45, 7) is 1.05. The largest absolute Gasteiger partial charge is 0.479 e. The van der Waals surface area contributed by atoms with Gasteiger partial charge < -0.3 is 19.5 Å². The number of ether oxygens (including phenoxy) is 2. The first kappa shape index (κ1) is 13.3. The van der Waals surface area contributed by atoms with Crippen LogP contribution in [0.3, 0.4) is 0 Å². The molecule has 0 aromatic heterocycles. The Morgan fingerprint density at radius 2 is 1.94 bits per heavy atom. The maximum absolute atomic E-state index is 12.3. The number of hydrogen-bond acceptors (Lipinski definition) is 4. The second-order valence-electron chi connectivity index (χ2n) is 4.78. The number of carbonyl (C=O) groups is 2. The van der Waals surface area contributed by atoms with Crippen molar-refractivity contribution in [1.82, 2.24) is 4.90 Å². The van der Waals surface area contributed by atoms with Gasteiger partial charge in [0.2, 0.25) is 0 Å². The minimum atomic E-state index is -0.986. The number of carbonyl (C=O) groups excluding carboxylic acids is 1. The maximum Gasteiger partial charge on any atom is 0.332 e. The smallest absolute Gasteiger partial charge is 0.332 e. The average Bonchev–Trinajstić information content (AvgIpc) is 3.05. The monoisotopic (exact) mass is 257 g/mol. The van der Waals surface area contributed by atoms with E-state index in [0.29, 0.717) is 32.0 Å². The molecule has 2 fully saturated rings. The number of methoxy groups -OCH3 is 1. The van der Waals surface area contributed by atoms with Crippen molar-refractivity contribution in [2.75, 3.05) is 20.3 Å². The molecule has 2 atom stereocenters. The van der Waals surface area contributed by atoms with Gasteiger partial charge in [-0.05, 0) is 25.7 Å². The molecule has 0 spiro atoms. The number of amides is 1. The van der Waals surface area contributed by atoms with Gasteiger partial charge in [-0.25, -0.2) is 4.79 Å². The van der Waals surface area contributed by atoms with Gasteiger partial charge in [0.05, 0.1) is 6.61 Å². The Morgan fingerprint density at radius 1 is 1.28 bits per heavy atom. The van der Waals surface area contributed by atoms with Crippen molar-refractivity contribution in [3.8, 4) is 0 Å². The predicted octanol–water partition coefficient (Wildman–Crippen LogP) is 0.256. The van der Waals surface area contributed by atoms with Crippen molar-refractivity contribution in [1.29, 1.82) is 0 Å². The van der Waals surface area contributed by atoms with Gasteiger partial charge in [0.1, 0.15) is 6.10 Å². The Bertz CT molecular complexity index is 328. The van der Waals surface area contributed by atoms with Crippen LogP contribution in [0, 0.1) is 0 Å². The van der Waals surface area contributed by atoms with Crippen LogP contribution in [-0.4, -0.2) is 60.4 Å². The highest BCUT2D eigenvalue weighted by atomic mass is 16.5. The first-order valence-electron chi connectivity index (χ1n) is 6.31. The van der Waals surface area contributed by atoms with E-state index in [-0.39, 0.29) is 5.91 Å². The third-order valence-corrected chi connectivity index (χ3v) is 3.38. The zero-order valence-electron chi connectivity index (χ0n) is 10.5. The van der Waals surface area contributed by atoms with Gasteiger partial charge in [-0.15, -0.1) is 0 Å². The van der Waals surface area contributed by atoms with E-state index in [9.17, 15) is 9.59 Å². The fourth-order valence-electron chi connectivity index (χ4n) is 2.23. The summed E-state index contributed by atoms with van der Waals surface area (Å²) in [5, 5.41) is 8.84. The van der Waals surface area contributed by atoms with E-state index in [1.54, 1.807) is 12.0 Å². The van der Waals surface area contributed by atoms with Crippen LogP contribution in [-0.2, 0) is 19.1 Å². The molecule has 1 amide bonds. The van der Waals surface area contributed by atoms with E-state index in [1.165, 1.54) is 0 Å². The molecule has 2 aliphatic rings. The molecule has 0 aromatic rings. The van der Waals surface area contributed by atoms with Crippen molar-refractivity contribution >= 4 is 11.9 Å². The highest BCUT2D eigenvalue weighted by Crippen LogP contribution is 2.30. The highest BCUT2D eigenvalue weighted by molar-refractivity contribution is 5.83. The molecule has 1 heterocycles. The van der Waals surface area contributed by atoms with Crippen LogP contribution >= 0.6 is 0 Å². The Labute approximate surface area is 106 Å². The van der Waals surface area contributed by atoms with Crippen LogP contribution in [0.15, 0.2) is 0 Å². The predicted molar refractivity (Wildman–Crippen MR) is 62.1 cm³/mol. The van der Waals surface area contributed by atoms with Crippen molar-refractivity contribution in [3.05, 3.63) is 0 Å². The van der Waals surface area contributed by atoms with E-state index in [0.717, 1.165) is 12.8 Å². The second-order valence-corrected chi connectivity index (χ2v) is 4.78. The van der Waals surface area contributed by atoms with Crippen molar-refractivity contribution in [3.63, 3.8) is 0 Å². The lowest BCUT2D eigenvalue weighted by Gasteiger charge is -2.25. The number of carboxylic acid groups (broad SMARTS) is 1. The number of nitrogens with zero attached hydrogens (tertiary/aromatic N) is 1. The first-order chi connectivity index (χ1) is 8.63. The number of aliphatic carboxylic acids is 1. The summed E-state index contributed by atoms with van der Waals surface area (Å²) in [6, 6.07) is 0.292. The first-order valence-corrected chi connectivity index (χ1v) is 6.31. The van der Waals surface area contributed by atoms with Gasteiger partial charge >= 0.3 is 5.97 Å². The van der Waals surface area contributed by atoms with Gasteiger partial charge in [0, 0.05) is 19.7 Å². The molecule has 102 valence electrons. The van der Waals surface area contributed by atoms with Crippen LogP contribution in [0.1, 0.15) is 25.7 Å². The molecule has 1 aliphatic carbocycles. The third kappa shape index (κ3) is 3.00. The van der Waals surface area contributed by atoms with Crippen LogP contribution in [0.2, 0.25) is 0 Å². The zero-order chi connectivity index (χ0) is 13.1. The zero-order valence-corrected chi connectivity index (χ0v) is 10.5. The molecular weight excluding hydrogens is 238 g/mol. The van der Waals surface area contributed by atoms with E-state index in [2.05, 4.69) is 0 Å². The molecule has 0 radical (unpaired) electrons. The molecule has 2 unspecified atom stereocenters. The Balaban J connectivity index is 1.90. The molecule has 2 rings (SSSR count). The summed E-state index contributed by atoms with van der Waals surface area (Å²) in [5.74, 6) is -1.07. The van der Waals surface area contributed by atoms with Crippen LogP contribution in [0.4, 0.5) is 0 Å². The summed E-state index contributed by atoms with van der Waals surface area (Å²) in [5.41, 5.74) is 0. The number of rotatable bonds is 6. The molecule has 18 heavy (non-hydrogen) atoms. The average molecular weight is 257 g/mol. The van der Waals surface area contributed by atoms with Crippen LogP contribution in [0.25, 0.3) is 0 Å². The minimum absolute atomic E-state index is 0.0849. The molecule has 1 saturated carbocycles. The van der Waals surface area contributed by atoms with E-state index < -0.39 is 18.2 Å². The molecule has 6 nitrogen and oxygen atoms in total. The number of carboxylic acids is 1. The van der Waals surface area contributed by atoms with E-state index in [1.807, 2.05) is 0 Å². The van der Waals surface area contributed by atoms with Crippen molar-refractivity contribution in [2.45, 2.75) is 43.9 Å². The Kier molecular flexibility index (Phi) is 4.19. The van der Waals surface area contributed by atoms with Crippen molar-refractivity contribution in [2.24, 2.45) is 0 Å². The fraction of sp³-hybridized carbons (Fsp3) is 0.833. The van der Waals surface area contributed by atoms with Gasteiger partial charge in [0.15, 0.2) is 6.10 Å². The SMILES string of the molecule is COCCN(C(=O)C1CCC(C(=O)O)O1)C1CC1. The number of hydrogen-bond donors (Lipinski definition) is 1. The lowest BCUT2D eigenvalue weighted by Crippen LogP contribution is -2.42. The van der Waals surface area contributed by atoms with Crippen LogP contribution in [0.5, 0.6) is 0 Å². The molecule has 0 bridgehead atoms. The van der Waals surface area contributed by atoms with Gasteiger partial charge in [-0.2, -0.15) is 0 Å². The van der Waals surface area contributed by atoms with Crippen LogP contribution < -0.4 is 0 Å². The fourth-order valence-corrected chi connectivity index (χ4v) is 2.23. The Hall–Kier alpha value is -1.14. The Morgan fingerprint density at radius 3 is 2.44 bits per heavy atom. The molecular formula is C12H19NO5. The highest BCUT2D eigenvalue weighted by Gasteiger charge is 2.40. The second kappa shape index (κ2) is 5.67. The summed E-state index contributed by atoms with van der Waals surface area (Å²) >= 11 is 0. The van der Waals surface area contributed by atoms with Crippen molar-refractivity contribution < 1.29 is 24.2 Å². The van der Waals surface area contributed by atoms with Gasteiger partial charge in [-0.1, -0.05) is 0 Å². The standard InChI is InChI=1S/C12H19NO5/c1-17-7-6-13(8-2-3-8)11(14)9-4-5-10(18-9)12(15)16/h8-10H,2-7H2,1H3,(H,15,16). The van der Waals surface area contributed by atoms with E-state index >= 15 is 0 Å². The van der Waals surface area contributed by atoms with Gasteiger partial charge in [0.25, 0.3) is 5.91 Å².